The maximum Gasteiger partial charge on any atom is 0.159 e. The monoisotopic (exact) mass is 287 g/mol. The first-order valence-corrected chi connectivity index (χ1v) is 5.86. The molecule has 0 saturated carbocycles. The minimum Gasteiger partial charge on any atom is -0.303 e. The van der Waals surface area contributed by atoms with E-state index < -0.39 is 0 Å². The van der Waals surface area contributed by atoms with Gasteiger partial charge in [-0.1, -0.05) is 0 Å². The number of pyridine rings is 1. The highest BCUT2D eigenvalue weighted by Crippen LogP contribution is 2.17. The second-order valence-electron chi connectivity index (χ2n) is 3.53. The molecule has 0 fully saturated rings. The van der Waals surface area contributed by atoms with E-state index in [1.165, 1.54) is 0 Å². The second kappa shape index (κ2) is 4.25. The summed E-state index contributed by atoms with van der Waals surface area (Å²) in [6.45, 7) is 0. The van der Waals surface area contributed by atoms with Crippen LogP contribution in [0.15, 0.2) is 47.7 Å². The molecule has 17 heavy (non-hydrogen) atoms. The Bertz CT molecular complexity index is 648. The lowest BCUT2D eigenvalue weighted by Gasteiger charge is -2.03. The van der Waals surface area contributed by atoms with Crippen LogP contribution in [-0.2, 0) is 0 Å². The minimum atomic E-state index is 0.781. The minimum absolute atomic E-state index is 0.781. The van der Waals surface area contributed by atoms with E-state index in [2.05, 4.69) is 30.9 Å². The topological polar surface area (TPSA) is 43.1 Å². The third kappa shape index (κ3) is 2.06. The molecule has 3 aromatic rings. The molecule has 0 amide bonds. The zero-order valence-corrected chi connectivity index (χ0v) is 10.4. The number of hydrogen-bond donors (Lipinski definition) is 0. The first kappa shape index (κ1) is 10.4. The average Bonchev–Trinajstić information content (AvgIpc) is 2.78. The second-order valence-corrected chi connectivity index (χ2v) is 4.34. The number of imidazole rings is 1. The SMILES string of the molecule is Brc1cn2ccnc2c([CH]c2ccncc2)n1. The van der Waals surface area contributed by atoms with Crippen LogP contribution in [0, 0.1) is 6.42 Å². The number of aromatic nitrogens is 4. The van der Waals surface area contributed by atoms with Crippen molar-refractivity contribution >= 4 is 21.6 Å². The van der Waals surface area contributed by atoms with E-state index in [0.717, 1.165) is 21.5 Å². The van der Waals surface area contributed by atoms with Crippen LogP contribution in [0.5, 0.6) is 0 Å². The van der Waals surface area contributed by atoms with Crippen molar-refractivity contribution in [3.8, 4) is 0 Å². The number of nitrogens with zero attached hydrogens (tertiary/aromatic N) is 4. The summed E-state index contributed by atoms with van der Waals surface area (Å²) >= 11 is 3.39. The Balaban J connectivity index is 2.08. The molecule has 5 heteroatoms. The highest BCUT2D eigenvalue weighted by molar-refractivity contribution is 9.10. The van der Waals surface area contributed by atoms with Gasteiger partial charge in [0.25, 0.3) is 0 Å². The fourth-order valence-electron chi connectivity index (χ4n) is 1.64. The third-order valence-corrected chi connectivity index (χ3v) is 2.76. The summed E-state index contributed by atoms with van der Waals surface area (Å²) in [5.41, 5.74) is 2.72. The van der Waals surface area contributed by atoms with Crippen LogP contribution in [0.4, 0.5) is 0 Å². The Morgan fingerprint density at radius 1 is 1.18 bits per heavy atom. The van der Waals surface area contributed by atoms with Gasteiger partial charge in [-0.25, -0.2) is 9.97 Å². The summed E-state index contributed by atoms with van der Waals surface area (Å²) in [4.78, 5) is 12.7. The van der Waals surface area contributed by atoms with Gasteiger partial charge in [0.15, 0.2) is 5.65 Å². The van der Waals surface area contributed by atoms with Crippen molar-refractivity contribution in [2.75, 3.05) is 0 Å². The molecule has 0 N–H and O–H groups in total. The van der Waals surface area contributed by atoms with Crippen LogP contribution >= 0.6 is 15.9 Å². The first-order valence-electron chi connectivity index (χ1n) is 5.07. The Labute approximate surface area is 106 Å². The predicted molar refractivity (Wildman–Crippen MR) is 67.4 cm³/mol. The molecule has 3 heterocycles. The van der Waals surface area contributed by atoms with E-state index in [1.54, 1.807) is 18.6 Å². The summed E-state index contributed by atoms with van der Waals surface area (Å²) in [7, 11) is 0. The molecule has 1 radical (unpaired) electrons. The summed E-state index contributed by atoms with van der Waals surface area (Å²) in [6, 6.07) is 3.87. The molecule has 3 rings (SSSR count). The number of rotatable bonds is 2. The van der Waals surface area contributed by atoms with Gasteiger partial charge in [-0.2, -0.15) is 0 Å². The smallest absolute Gasteiger partial charge is 0.159 e. The van der Waals surface area contributed by atoms with Crippen molar-refractivity contribution in [1.29, 1.82) is 0 Å². The molecule has 0 unspecified atom stereocenters. The number of hydrogen-bond acceptors (Lipinski definition) is 3. The summed E-state index contributed by atoms with van der Waals surface area (Å²) in [6.07, 6.45) is 11.0. The molecule has 0 aliphatic heterocycles. The molecule has 0 bridgehead atoms. The van der Waals surface area contributed by atoms with Gasteiger partial charge in [0.05, 0.1) is 5.69 Å². The van der Waals surface area contributed by atoms with E-state index in [9.17, 15) is 0 Å². The van der Waals surface area contributed by atoms with E-state index in [0.29, 0.717) is 0 Å². The third-order valence-electron chi connectivity index (χ3n) is 2.38. The molecular weight excluding hydrogens is 280 g/mol. The average molecular weight is 288 g/mol. The van der Waals surface area contributed by atoms with Gasteiger partial charge in [0.1, 0.15) is 4.60 Å². The van der Waals surface area contributed by atoms with E-state index in [4.69, 9.17) is 0 Å². The Morgan fingerprint density at radius 2 is 2.00 bits per heavy atom. The van der Waals surface area contributed by atoms with Gasteiger partial charge in [-0.05, 0) is 33.6 Å². The molecule has 0 aliphatic carbocycles. The van der Waals surface area contributed by atoms with Crippen LogP contribution < -0.4 is 0 Å². The maximum atomic E-state index is 4.43. The fraction of sp³-hybridized carbons (Fsp3) is 0. The molecule has 0 spiro atoms. The van der Waals surface area contributed by atoms with E-state index in [1.807, 2.05) is 35.3 Å². The molecule has 0 aromatic carbocycles. The van der Waals surface area contributed by atoms with E-state index in [-0.39, 0.29) is 0 Å². The normalized spacial score (nSPS) is 10.9. The fourth-order valence-corrected chi connectivity index (χ4v) is 2.05. The lowest BCUT2D eigenvalue weighted by Crippen LogP contribution is -1.97. The molecule has 0 atom stereocenters. The predicted octanol–water partition coefficient (Wildman–Crippen LogP) is 2.49. The molecule has 0 aliphatic rings. The first-order chi connectivity index (χ1) is 8.33. The van der Waals surface area contributed by atoms with Gasteiger partial charge in [-0.15, -0.1) is 0 Å². The van der Waals surface area contributed by atoms with Crippen molar-refractivity contribution in [3.63, 3.8) is 0 Å². The van der Waals surface area contributed by atoms with E-state index >= 15 is 0 Å². The lowest BCUT2D eigenvalue weighted by molar-refractivity contribution is 1.06. The molecule has 4 nitrogen and oxygen atoms in total. The lowest BCUT2D eigenvalue weighted by atomic mass is 10.1. The zero-order chi connectivity index (χ0) is 11.7. The number of fused-ring (bicyclic) bond motifs is 1. The Morgan fingerprint density at radius 3 is 2.82 bits per heavy atom. The molecule has 3 aromatic heterocycles. The standard InChI is InChI=1S/C12H8BrN4/c13-11-8-17-6-5-15-12(17)10(16-11)7-9-1-3-14-4-2-9/h1-8H. The van der Waals surface area contributed by atoms with Crippen LogP contribution in [0.1, 0.15) is 11.3 Å². The van der Waals surface area contributed by atoms with Crippen LogP contribution in [0.25, 0.3) is 5.65 Å². The van der Waals surface area contributed by atoms with Crippen LogP contribution in [0.2, 0.25) is 0 Å². The molecule has 0 saturated heterocycles. The van der Waals surface area contributed by atoms with Gasteiger partial charge in [-0.3, -0.25) is 4.98 Å². The summed E-state index contributed by atoms with van der Waals surface area (Å²) in [5, 5.41) is 0. The van der Waals surface area contributed by atoms with Gasteiger partial charge >= 0.3 is 0 Å². The van der Waals surface area contributed by atoms with Crippen molar-refractivity contribution in [2.45, 2.75) is 0 Å². The Hall–Kier alpha value is -1.75. The van der Waals surface area contributed by atoms with Gasteiger partial charge in [0.2, 0.25) is 0 Å². The van der Waals surface area contributed by atoms with Crippen molar-refractivity contribution in [2.24, 2.45) is 0 Å². The van der Waals surface area contributed by atoms with Crippen molar-refractivity contribution in [1.82, 2.24) is 19.4 Å². The summed E-state index contributed by atoms with van der Waals surface area (Å²) < 4.78 is 2.72. The van der Waals surface area contributed by atoms with Crippen molar-refractivity contribution < 1.29 is 0 Å². The zero-order valence-electron chi connectivity index (χ0n) is 8.79. The van der Waals surface area contributed by atoms with Crippen LogP contribution in [-0.4, -0.2) is 19.4 Å². The van der Waals surface area contributed by atoms with Gasteiger partial charge < -0.3 is 4.40 Å². The molecular formula is C12H8BrN4. The highest BCUT2D eigenvalue weighted by Gasteiger charge is 2.07. The molecule has 83 valence electrons. The number of halogens is 1. The highest BCUT2D eigenvalue weighted by atomic mass is 79.9. The van der Waals surface area contributed by atoms with Gasteiger partial charge in [0, 0.05) is 37.4 Å². The maximum absolute atomic E-state index is 4.43. The quantitative estimate of drug-likeness (QED) is 0.727. The summed E-state index contributed by atoms with van der Waals surface area (Å²) in [5.74, 6) is 0. The van der Waals surface area contributed by atoms with Crippen molar-refractivity contribution in [3.05, 3.63) is 65.4 Å². The largest absolute Gasteiger partial charge is 0.303 e. The Kier molecular flexibility index (Phi) is 2.60. The van der Waals surface area contributed by atoms with Crippen LogP contribution in [0.3, 0.4) is 0 Å².